The maximum atomic E-state index is 14.2. The standard InChI is InChI=1S/C26H25F2N7O4/c27-26(28)20-16(22(37)34-26)6-7-19(31-20)32-24-29-12-17(23-35-25(14-39-23)8-10-38-11-9-25)21(33-24)30-18(13-36)15-4-2-1-3-5-15/h1-7,12,18,36H,8-11,13-14H2,(H,34,37)(H2,29,30,31,32,33)/t18-/m1/s1. The summed E-state index contributed by atoms with van der Waals surface area (Å²) in [5.41, 5.74) is 0.0712. The second kappa shape index (κ2) is 9.82. The van der Waals surface area contributed by atoms with E-state index in [2.05, 4.69) is 25.6 Å². The third-order valence-corrected chi connectivity index (χ3v) is 6.90. The largest absolute Gasteiger partial charge is 0.475 e. The molecular formula is C26H25F2N7O4. The average molecular weight is 538 g/mol. The van der Waals surface area contributed by atoms with E-state index in [4.69, 9.17) is 14.5 Å². The zero-order chi connectivity index (χ0) is 27.0. The number of carbonyl (C=O) groups excluding carboxylic acids is 1. The van der Waals surface area contributed by atoms with Gasteiger partial charge in [-0.25, -0.2) is 15.0 Å². The van der Waals surface area contributed by atoms with Crippen LogP contribution >= 0.6 is 0 Å². The fraction of sp³-hybridized carbons (Fsp3) is 0.346. The topological polar surface area (TPSA) is 143 Å². The van der Waals surface area contributed by atoms with Gasteiger partial charge in [0.2, 0.25) is 11.8 Å². The Balaban J connectivity index is 1.34. The summed E-state index contributed by atoms with van der Waals surface area (Å²) < 4.78 is 39.8. The lowest BCUT2D eigenvalue weighted by Crippen LogP contribution is -2.35. The molecule has 0 radical (unpaired) electrons. The molecule has 1 amide bonds. The Labute approximate surface area is 221 Å². The predicted octanol–water partition coefficient (Wildman–Crippen LogP) is 2.88. The highest BCUT2D eigenvalue weighted by atomic mass is 19.3. The third-order valence-electron chi connectivity index (χ3n) is 6.90. The number of fused-ring (bicyclic) bond motifs is 1. The van der Waals surface area contributed by atoms with Crippen LogP contribution in [0.1, 0.15) is 46.1 Å². The number of rotatable bonds is 7. The molecule has 1 fully saturated rings. The first-order chi connectivity index (χ1) is 18.9. The minimum atomic E-state index is -3.58. The number of anilines is 3. The number of aliphatic hydroxyl groups excluding tert-OH is 1. The van der Waals surface area contributed by atoms with Crippen LogP contribution in [-0.4, -0.2) is 63.8 Å². The molecule has 0 unspecified atom stereocenters. The van der Waals surface area contributed by atoms with Crippen molar-refractivity contribution in [3.63, 3.8) is 0 Å². The monoisotopic (exact) mass is 537 g/mol. The number of pyridine rings is 1. The predicted molar refractivity (Wildman–Crippen MR) is 136 cm³/mol. The maximum absolute atomic E-state index is 14.2. The van der Waals surface area contributed by atoms with Gasteiger partial charge in [-0.2, -0.15) is 13.8 Å². The number of hydrogen-bond acceptors (Lipinski definition) is 10. The average Bonchev–Trinajstić information content (AvgIpc) is 3.44. The van der Waals surface area contributed by atoms with Crippen molar-refractivity contribution in [1.82, 2.24) is 20.3 Å². The van der Waals surface area contributed by atoms with Crippen molar-refractivity contribution in [1.29, 1.82) is 0 Å². The van der Waals surface area contributed by atoms with Crippen molar-refractivity contribution in [3.05, 3.63) is 71.0 Å². The molecule has 3 aliphatic heterocycles. The summed E-state index contributed by atoms with van der Waals surface area (Å²) in [7, 11) is 0. The summed E-state index contributed by atoms with van der Waals surface area (Å²) in [6.07, 6.45) is 2.98. The number of amides is 1. The molecule has 0 saturated carbocycles. The highest BCUT2D eigenvalue weighted by Gasteiger charge is 2.46. The lowest BCUT2D eigenvalue weighted by molar-refractivity contribution is -0.0278. The number of nitrogens with one attached hydrogen (secondary N) is 3. The van der Waals surface area contributed by atoms with E-state index >= 15 is 0 Å². The molecule has 3 aromatic rings. The number of nitrogens with zero attached hydrogens (tertiary/aromatic N) is 4. The fourth-order valence-electron chi connectivity index (χ4n) is 4.76. The van der Waals surface area contributed by atoms with Gasteiger partial charge in [0, 0.05) is 19.4 Å². The summed E-state index contributed by atoms with van der Waals surface area (Å²) in [5, 5.41) is 17.8. The second-order valence-corrected chi connectivity index (χ2v) is 9.53. The number of aromatic nitrogens is 3. The number of hydrogen-bond donors (Lipinski definition) is 4. The van der Waals surface area contributed by atoms with Crippen molar-refractivity contribution in [2.24, 2.45) is 4.99 Å². The van der Waals surface area contributed by atoms with Gasteiger partial charge in [0.25, 0.3) is 5.91 Å². The number of halogens is 2. The number of ether oxygens (including phenoxy) is 2. The van der Waals surface area contributed by atoms with Gasteiger partial charge < -0.3 is 25.2 Å². The minimum Gasteiger partial charge on any atom is -0.475 e. The zero-order valence-corrected chi connectivity index (χ0v) is 20.7. The maximum Gasteiger partial charge on any atom is 0.370 e. The van der Waals surface area contributed by atoms with E-state index in [9.17, 15) is 18.7 Å². The Bertz CT molecular complexity index is 1430. The molecule has 1 spiro atoms. The van der Waals surface area contributed by atoms with E-state index in [-0.39, 0.29) is 29.5 Å². The highest BCUT2D eigenvalue weighted by molar-refractivity contribution is 6.00. The van der Waals surface area contributed by atoms with E-state index in [0.29, 0.717) is 37.1 Å². The smallest absolute Gasteiger partial charge is 0.370 e. The van der Waals surface area contributed by atoms with Gasteiger partial charge in [-0.15, -0.1) is 0 Å². The molecule has 0 aliphatic carbocycles. The SMILES string of the molecule is O=C1NC(F)(F)c2nc(Nc3ncc(C4=NC5(CCOCC5)CO4)c(N[C@H](CO)c4ccccc4)n3)ccc21. The zero-order valence-electron chi connectivity index (χ0n) is 20.7. The summed E-state index contributed by atoms with van der Waals surface area (Å²) in [6, 6.07) is 7.91. The van der Waals surface area contributed by atoms with E-state index in [1.54, 1.807) is 5.32 Å². The van der Waals surface area contributed by atoms with E-state index in [0.717, 1.165) is 18.4 Å². The highest BCUT2D eigenvalue weighted by Crippen LogP contribution is 2.35. The first-order valence-electron chi connectivity index (χ1n) is 12.4. The van der Waals surface area contributed by atoms with Crippen LogP contribution in [0.15, 0.2) is 53.7 Å². The van der Waals surface area contributed by atoms with Crippen LogP contribution in [0, 0.1) is 0 Å². The number of carbonyl (C=O) groups is 1. The molecule has 1 aromatic carbocycles. The van der Waals surface area contributed by atoms with Crippen LogP contribution in [0.25, 0.3) is 0 Å². The second-order valence-electron chi connectivity index (χ2n) is 9.53. The quantitative estimate of drug-likeness (QED) is 0.335. The van der Waals surface area contributed by atoms with Crippen molar-refractivity contribution >= 4 is 29.4 Å². The Kier molecular flexibility index (Phi) is 6.31. The number of alkyl halides is 2. The van der Waals surface area contributed by atoms with Crippen molar-refractivity contribution < 1.29 is 28.2 Å². The molecule has 39 heavy (non-hydrogen) atoms. The summed E-state index contributed by atoms with van der Waals surface area (Å²) in [4.78, 5) is 29.5. The molecular weight excluding hydrogens is 512 g/mol. The lowest BCUT2D eigenvalue weighted by Gasteiger charge is -2.28. The minimum absolute atomic E-state index is 0.0287. The molecule has 5 heterocycles. The van der Waals surface area contributed by atoms with Gasteiger partial charge in [-0.1, -0.05) is 30.3 Å². The van der Waals surface area contributed by atoms with Crippen LogP contribution in [0.3, 0.4) is 0 Å². The van der Waals surface area contributed by atoms with Gasteiger partial charge in [0.05, 0.1) is 23.8 Å². The first-order valence-corrected chi connectivity index (χ1v) is 12.4. The third kappa shape index (κ3) is 4.86. The Morgan fingerprint density at radius 1 is 1.08 bits per heavy atom. The number of benzene rings is 1. The van der Waals surface area contributed by atoms with Gasteiger partial charge in [0.1, 0.15) is 29.5 Å². The normalized spacial score (nSPS) is 19.6. The first kappa shape index (κ1) is 25.1. The van der Waals surface area contributed by atoms with Crippen molar-refractivity contribution in [3.8, 4) is 0 Å². The van der Waals surface area contributed by atoms with Gasteiger partial charge in [-0.3, -0.25) is 10.1 Å². The molecule has 0 bridgehead atoms. The Hall–Kier alpha value is -4.23. The molecule has 2 aromatic heterocycles. The van der Waals surface area contributed by atoms with E-state index in [1.165, 1.54) is 18.3 Å². The molecule has 11 nitrogen and oxygen atoms in total. The molecule has 202 valence electrons. The van der Waals surface area contributed by atoms with Crippen molar-refractivity contribution in [2.45, 2.75) is 30.5 Å². The lowest BCUT2D eigenvalue weighted by atomic mass is 9.92. The number of aliphatic imine (C=N–C) groups is 1. The van der Waals surface area contributed by atoms with Crippen LogP contribution in [0.4, 0.5) is 26.4 Å². The van der Waals surface area contributed by atoms with Crippen LogP contribution in [0.2, 0.25) is 0 Å². The van der Waals surface area contributed by atoms with Crippen molar-refractivity contribution in [2.75, 3.05) is 37.1 Å². The van der Waals surface area contributed by atoms with E-state index in [1.807, 2.05) is 30.3 Å². The number of aliphatic hydroxyl groups is 1. The van der Waals surface area contributed by atoms with Crippen LogP contribution < -0.4 is 16.0 Å². The molecule has 1 saturated heterocycles. The molecule has 3 aliphatic rings. The van der Waals surface area contributed by atoms with Gasteiger partial charge >= 0.3 is 6.05 Å². The molecule has 1 atom stereocenters. The Morgan fingerprint density at radius 3 is 2.64 bits per heavy atom. The molecule has 13 heteroatoms. The fourth-order valence-corrected chi connectivity index (χ4v) is 4.76. The molecule has 6 rings (SSSR count). The van der Waals surface area contributed by atoms with Crippen LogP contribution in [0.5, 0.6) is 0 Å². The summed E-state index contributed by atoms with van der Waals surface area (Å²) in [5.74, 6) is -0.117. The summed E-state index contributed by atoms with van der Waals surface area (Å²) in [6.45, 7) is 1.37. The Morgan fingerprint density at radius 2 is 1.87 bits per heavy atom. The van der Waals surface area contributed by atoms with Gasteiger partial charge in [-0.05, 0) is 30.5 Å². The van der Waals surface area contributed by atoms with Gasteiger partial charge in [0.15, 0.2) is 0 Å². The molecule has 4 N–H and O–H groups in total. The summed E-state index contributed by atoms with van der Waals surface area (Å²) >= 11 is 0. The van der Waals surface area contributed by atoms with Crippen LogP contribution in [-0.2, 0) is 15.5 Å². The van der Waals surface area contributed by atoms with E-state index < -0.39 is 23.7 Å².